The lowest BCUT2D eigenvalue weighted by atomic mass is 10.1. The summed E-state index contributed by atoms with van der Waals surface area (Å²) in [5.41, 5.74) is 2.23. The largest absolute Gasteiger partial charge is 0.380 e. The van der Waals surface area contributed by atoms with Gasteiger partial charge in [0.25, 0.3) is 0 Å². The second kappa shape index (κ2) is 52.9. The molecule has 0 aromatic carbocycles. The second-order valence-corrected chi connectivity index (χ2v) is 24.4. The predicted octanol–water partition coefficient (Wildman–Crippen LogP) is -0.0598. The fourth-order valence-corrected chi connectivity index (χ4v) is 9.26. The molecule has 0 saturated carbocycles. The van der Waals surface area contributed by atoms with Gasteiger partial charge in [-0.05, 0) is 78.6 Å². The molecule has 6 amide bonds. The standard InChI is InChI=1S/C66H108N16O18/c1-52(83)16-19-55-43-80(73-70-55)28-10-7-13-58(86)46-76(4)64(92)49-98-37-25-67-61(89)22-34-95-40-31-79(32-41-96-35-23-62(90)68-26-38-99-50-65(93)77(5)47-59(87)14-8-11-29-81-44-56(71-74-81)20-17-53(2)84)33-42-97-36-24-63(91)69-27-39-100-51-66(94)78(6)48-60(88)15-9-12-30-82-45-57(72-75-82)21-18-54(3)85/h43-45H,7-42,46-51H2,1-6H3,(H,67,89)(H,68,90)(H,69,91). The SMILES string of the molecule is CC(=O)CCc1cn(CCCCC(=O)CN(C)C(=O)COCCNC(=O)CCOCCN(CCOCCC(=O)NCCOCC(=O)N(C)CC(=O)CCCCn2cc(CCC(C)=O)nn2)CCOCCC(=O)NCCOCC(=O)N(C)CC(=O)CCCCn2cc(CCC(C)=O)nn2)nn1. The molecule has 3 aromatic rings. The summed E-state index contributed by atoms with van der Waals surface area (Å²) in [6.07, 6.45) is 13.3. The number of unbranched alkanes of at least 4 members (excludes halogenated alkanes) is 3. The first kappa shape index (κ1) is 86.2. The topological polar surface area (TPSA) is 401 Å². The Morgan fingerprint density at radius 1 is 0.360 bits per heavy atom. The van der Waals surface area contributed by atoms with Crippen LogP contribution >= 0.6 is 0 Å². The molecule has 0 aliphatic heterocycles. The van der Waals surface area contributed by atoms with E-state index in [4.69, 9.17) is 28.4 Å². The second-order valence-electron chi connectivity index (χ2n) is 24.4. The van der Waals surface area contributed by atoms with Gasteiger partial charge in [0, 0.05) is 156 Å². The summed E-state index contributed by atoms with van der Waals surface area (Å²) >= 11 is 0. The van der Waals surface area contributed by atoms with E-state index in [1.165, 1.54) is 56.6 Å². The van der Waals surface area contributed by atoms with E-state index < -0.39 is 0 Å². The van der Waals surface area contributed by atoms with Crippen molar-refractivity contribution >= 4 is 70.1 Å². The average molecular weight is 1410 g/mol. The molecule has 3 aromatic heterocycles. The van der Waals surface area contributed by atoms with Crippen LogP contribution in [0.25, 0.3) is 0 Å². The highest BCUT2D eigenvalue weighted by Crippen LogP contribution is 2.08. The van der Waals surface area contributed by atoms with Crippen molar-refractivity contribution in [1.82, 2.24) is 80.5 Å². The quantitative estimate of drug-likeness (QED) is 0.0623. The van der Waals surface area contributed by atoms with E-state index in [2.05, 4.69) is 46.9 Å². The Kier molecular flexibility index (Phi) is 45.6. The average Bonchev–Trinajstić information content (AvgIpc) is 1.80. The molecule has 0 unspecified atom stereocenters. The first-order chi connectivity index (χ1) is 48.0. The summed E-state index contributed by atoms with van der Waals surface area (Å²) in [5.74, 6) is -1.95. The van der Waals surface area contributed by atoms with Crippen molar-refractivity contribution in [2.75, 3.05) is 159 Å². The third-order valence-electron chi connectivity index (χ3n) is 15.2. The van der Waals surface area contributed by atoms with Crippen LogP contribution in [-0.4, -0.2) is 294 Å². The lowest BCUT2D eigenvalue weighted by molar-refractivity contribution is -0.138. The summed E-state index contributed by atoms with van der Waals surface area (Å²) in [6, 6.07) is 0. The number of nitrogens with one attached hydrogen (secondary N) is 3. The van der Waals surface area contributed by atoms with Crippen molar-refractivity contribution in [2.45, 2.75) is 156 Å². The van der Waals surface area contributed by atoms with Crippen molar-refractivity contribution in [1.29, 1.82) is 0 Å². The Hall–Kier alpha value is -8.02. The fraction of sp³-hybridized carbons (Fsp3) is 0.727. The monoisotopic (exact) mass is 1410 g/mol. The molecule has 34 nitrogen and oxygen atoms in total. The van der Waals surface area contributed by atoms with Crippen LogP contribution in [0.15, 0.2) is 18.6 Å². The van der Waals surface area contributed by atoms with E-state index in [-0.39, 0.29) is 208 Å². The molecule has 0 saturated heterocycles. The molecule has 34 heteroatoms. The van der Waals surface area contributed by atoms with Gasteiger partial charge in [-0.15, -0.1) is 15.3 Å². The normalized spacial score (nSPS) is 11.2. The maximum atomic E-state index is 12.6. The summed E-state index contributed by atoms with van der Waals surface area (Å²) in [6.45, 7) is 8.58. The van der Waals surface area contributed by atoms with E-state index in [0.29, 0.717) is 136 Å². The van der Waals surface area contributed by atoms with Crippen LogP contribution in [0, 0.1) is 0 Å². The molecule has 3 N–H and O–H groups in total. The van der Waals surface area contributed by atoms with Crippen molar-refractivity contribution in [3.05, 3.63) is 35.7 Å². The van der Waals surface area contributed by atoms with Crippen molar-refractivity contribution in [3.63, 3.8) is 0 Å². The lowest BCUT2D eigenvalue weighted by Gasteiger charge is -2.22. The van der Waals surface area contributed by atoms with Gasteiger partial charge >= 0.3 is 0 Å². The van der Waals surface area contributed by atoms with Crippen molar-refractivity contribution in [2.24, 2.45) is 0 Å². The first-order valence-electron chi connectivity index (χ1n) is 34.5. The third-order valence-corrected chi connectivity index (χ3v) is 15.2. The van der Waals surface area contributed by atoms with E-state index in [9.17, 15) is 57.5 Å². The number of hydrogen-bond donors (Lipinski definition) is 3. The zero-order chi connectivity index (χ0) is 73.1. The molecular weight excluding hydrogens is 1300 g/mol. The zero-order valence-electron chi connectivity index (χ0n) is 59.6. The van der Waals surface area contributed by atoms with Crippen LogP contribution in [0.2, 0.25) is 0 Å². The number of carbonyl (C=O) groups is 12. The molecule has 0 aliphatic rings. The first-order valence-corrected chi connectivity index (χ1v) is 34.5. The van der Waals surface area contributed by atoms with Gasteiger partial charge in [0.1, 0.15) is 37.2 Å². The Labute approximate surface area is 585 Å². The van der Waals surface area contributed by atoms with Gasteiger partial charge in [0.05, 0.1) is 96.2 Å². The Balaban J connectivity index is 1.29. The molecule has 0 fully saturated rings. The van der Waals surface area contributed by atoms with Gasteiger partial charge in [0.2, 0.25) is 35.4 Å². The van der Waals surface area contributed by atoms with Gasteiger partial charge in [0.15, 0.2) is 17.3 Å². The van der Waals surface area contributed by atoms with Crippen LogP contribution in [0.4, 0.5) is 0 Å². The highest BCUT2D eigenvalue weighted by molar-refractivity contribution is 5.88. The van der Waals surface area contributed by atoms with Gasteiger partial charge in [-0.2, -0.15) is 0 Å². The summed E-state index contributed by atoms with van der Waals surface area (Å²) in [7, 11) is 4.59. The number of carbonyl (C=O) groups excluding carboxylic acids is 12. The molecule has 0 aliphatic carbocycles. The number of aromatic nitrogens is 9. The minimum absolute atomic E-state index is 0.0519. The van der Waals surface area contributed by atoms with Gasteiger partial charge < -0.3 is 73.5 Å². The molecule has 0 atom stereocenters. The maximum Gasteiger partial charge on any atom is 0.248 e. The highest BCUT2D eigenvalue weighted by atomic mass is 16.5. The summed E-state index contributed by atoms with van der Waals surface area (Å²) in [4.78, 5) is 153. The van der Waals surface area contributed by atoms with E-state index in [0.717, 1.165) is 17.1 Å². The number of aryl methyl sites for hydroxylation is 6. The zero-order valence-corrected chi connectivity index (χ0v) is 59.6. The van der Waals surface area contributed by atoms with Crippen LogP contribution in [-0.2, 0) is 125 Å². The number of nitrogens with zero attached hydrogens (tertiary/aromatic N) is 13. The Morgan fingerprint density at radius 3 is 0.910 bits per heavy atom. The molecule has 3 heterocycles. The minimum Gasteiger partial charge on any atom is -0.380 e. The number of Topliss-reactive ketones (excluding diaryl/α,β-unsaturated/α-hetero) is 6. The summed E-state index contributed by atoms with van der Waals surface area (Å²) < 4.78 is 38.7. The van der Waals surface area contributed by atoms with E-state index in [1.807, 2.05) is 4.90 Å². The molecule has 0 bridgehead atoms. The van der Waals surface area contributed by atoms with Gasteiger partial charge in [-0.3, -0.25) is 62.1 Å². The van der Waals surface area contributed by atoms with Crippen LogP contribution in [0.5, 0.6) is 0 Å². The number of amides is 6. The van der Waals surface area contributed by atoms with E-state index in [1.54, 1.807) is 32.6 Å². The molecule has 560 valence electrons. The minimum atomic E-state index is -0.370. The van der Waals surface area contributed by atoms with Crippen LogP contribution in [0.3, 0.4) is 0 Å². The molecule has 3 rings (SSSR count). The number of likely N-dealkylation sites (N-methyl/N-ethyl adjacent to an activating group) is 3. The van der Waals surface area contributed by atoms with Gasteiger partial charge in [-0.25, -0.2) is 0 Å². The molecule has 0 radical (unpaired) electrons. The maximum absolute atomic E-state index is 12.6. The van der Waals surface area contributed by atoms with Crippen molar-refractivity contribution < 1.29 is 86.0 Å². The summed E-state index contributed by atoms with van der Waals surface area (Å²) in [5, 5.41) is 32.6. The number of ketones is 6. The van der Waals surface area contributed by atoms with Crippen LogP contribution < -0.4 is 16.0 Å². The number of rotatable bonds is 63. The Morgan fingerprint density at radius 2 is 0.640 bits per heavy atom. The predicted molar refractivity (Wildman–Crippen MR) is 361 cm³/mol. The van der Waals surface area contributed by atoms with Crippen molar-refractivity contribution in [3.8, 4) is 0 Å². The third kappa shape index (κ3) is 44.2. The number of ether oxygens (including phenoxy) is 6. The highest BCUT2D eigenvalue weighted by Gasteiger charge is 2.18. The Bertz CT molecular complexity index is 2650. The number of hydrogen-bond acceptors (Lipinski definition) is 25. The molecule has 0 spiro atoms. The molecular formula is C66H108N16O18. The van der Waals surface area contributed by atoms with Crippen LogP contribution in [0.1, 0.15) is 134 Å². The fourth-order valence-electron chi connectivity index (χ4n) is 9.26. The lowest BCUT2D eigenvalue weighted by Crippen LogP contribution is -2.36. The smallest absolute Gasteiger partial charge is 0.248 e. The van der Waals surface area contributed by atoms with E-state index >= 15 is 0 Å². The van der Waals surface area contributed by atoms with Gasteiger partial charge in [-0.1, -0.05) is 15.6 Å². The molecule has 100 heavy (non-hydrogen) atoms.